The average Bonchev–Trinajstić information content (AvgIpc) is 3.15. The summed E-state index contributed by atoms with van der Waals surface area (Å²) in [4.78, 5) is 20.8. The standard InChI is InChI=1S/C18H29N3O2S/c1-19-9-11-20(12-10-19)7-3-8-21(16-5-13-23-14-6-16)18(22)17-4-2-15-24-17/h2,4,15-16H,3,5-14H2,1H3. The molecule has 0 atom stereocenters. The SMILES string of the molecule is CN1CCN(CCCN(C(=O)c2cccs2)C2CCOCC2)CC1. The zero-order valence-electron chi connectivity index (χ0n) is 14.7. The van der Waals surface area contributed by atoms with E-state index in [9.17, 15) is 4.79 Å². The lowest BCUT2D eigenvalue weighted by Crippen LogP contribution is -2.47. The fourth-order valence-electron chi connectivity index (χ4n) is 3.52. The van der Waals surface area contributed by atoms with E-state index in [0.29, 0.717) is 6.04 Å². The summed E-state index contributed by atoms with van der Waals surface area (Å²) in [6.45, 7) is 8.09. The Hall–Kier alpha value is -0.950. The summed E-state index contributed by atoms with van der Waals surface area (Å²) in [5, 5.41) is 1.99. The van der Waals surface area contributed by atoms with Crippen LogP contribution in [0.2, 0.25) is 0 Å². The van der Waals surface area contributed by atoms with Gasteiger partial charge in [-0.05, 0) is 44.3 Å². The maximum atomic E-state index is 12.9. The minimum atomic E-state index is 0.204. The van der Waals surface area contributed by atoms with E-state index in [-0.39, 0.29) is 5.91 Å². The second kappa shape index (κ2) is 8.94. The molecule has 0 unspecified atom stereocenters. The van der Waals surface area contributed by atoms with Crippen LogP contribution in [-0.2, 0) is 4.74 Å². The largest absolute Gasteiger partial charge is 0.381 e. The van der Waals surface area contributed by atoms with E-state index in [1.54, 1.807) is 11.3 Å². The van der Waals surface area contributed by atoms with Crippen LogP contribution >= 0.6 is 11.3 Å². The van der Waals surface area contributed by atoms with E-state index in [0.717, 1.165) is 76.6 Å². The van der Waals surface area contributed by atoms with Gasteiger partial charge in [0.15, 0.2) is 0 Å². The average molecular weight is 352 g/mol. The minimum Gasteiger partial charge on any atom is -0.381 e. The zero-order chi connectivity index (χ0) is 16.8. The van der Waals surface area contributed by atoms with Crippen molar-refractivity contribution in [2.75, 3.05) is 59.5 Å². The molecule has 2 fully saturated rings. The van der Waals surface area contributed by atoms with Gasteiger partial charge >= 0.3 is 0 Å². The van der Waals surface area contributed by atoms with Crippen LogP contribution in [0.3, 0.4) is 0 Å². The third-order valence-corrected chi connectivity index (χ3v) is 5.95. The highest BCUT2D eigenvalue weighted by Crippen LogP contribution is 2.20. The van der Waals surface area contributed by atoms with Crippen molar-refractivity contribution in [1.82, 2.24) is 14.7 Å². The van der Waals surface area contributed by atoms with Gasteiger partial charge in [0, 0.05) is 52.0 Å². The van der Waals surface area contributed by atoms with Gasteiger partial charge in [0.25, 0.3) is 5.91 Å². The van der Waals surface area contributed by atoms with Crippen molar-refractivity contribution in [1.29, 1.82) is 0 Å². The molecule has 5 nitrogen and oxygen atoms in total. The number of nitrogens with zero attached hydrogens (tertiary/aromatic N) is 3. The number of hydrogen-bond acceptors (Lipinski definition) is 5. The number of likely N-dealkylation sites (N-methyl/N-ethyl adjacent to an activating group) is 1. The van der Waals surface area contributed by atoms with Gasteiger partial charge in [-0.1, -0.05) is 6.07 Å². The van der Waals surface area contributed by atoms with Gasteiger partial charge in [0.1, 0.15) is 0 Å². The molecule has 24 heavy (non-hydrogen) atoms. The summed E-state index contributed by atoms with van der Waals surface area (Å²) in [6.07, 6.45) is 2.98. The molecule has 3 heterocycles. The van der Waals surface area contributed by atoms with Crippen molar-refractivity contribution in [3.63, 3.8) is 0 Å². The zero-order valence-corrected chi connectivity index (χ0v) is 15.5. The maximum Gasteiger partial charge on any atom is 0.264 e. The molecule has 134 valence electrons. The van der Waals surface area contributed by atoms with E-state index in [1.165, 1.54) is 0 Å². The molecule has 6 heteroatoms. The molecule has 0 spiro atoms. The number of carbonyl (C=O) groups excluding carboxylic acids is 1. The summed E-state index contributed by atoms with van der Waals surface area (Å²) in [5.74, 6) is 0.204. The van der Waals surface area contributed by atoms with Crippen LogP contribution in [0.1, 0.15) is 28.9 Å². The van der Waals surface area contributed by atoms with Crippen molar-refractivity contribution in [2.24, 2.45) is 0 Å². The van der Waals surface area contributed by atoms with E-state index in [2.05, 4.69) is 21.7 Å². The van der Waals surface area contributed by atoms with Crippen LogP contribution in [-0.4, -0.2) is 86.2 Å². The first-order chi connectivity index (χ1) is 11.7. The molecule has 1 aromatic rings. The van der Waals surface area contributed by atoms with Gasteiger partial charge < -0.3 is 19.4 Å². The van der Waals surface area contributed by atoms with E-state index < -0.39 is 0 Å². The summed E-state index contributed by atoms with van der Waals surface area (Å²) in [7, 11) is 2.18. The first kappa shape index (κ1) is 17.9. The summed E-state index contributed by atoms with van der Waals surface area (Å²) in [6, 6.07) is 4.24. The highest BCUT2D eigenvalue weighted by molar-refractivity contribution is 7.12. The number of rotatable bonds is 6. The van der Waals surface area contributed by atoms with E-state index in [1.807, 2.05) is 17.5 Å². The van der Waals surface area contributed by atoms with Crippen LogP contribution in [0, 0.1) is 0 Å². The molecule has 3 rings (SSSR count). The van der Waals surface area contributed by atoms with E-state index >= 15 is 0 Å². The highest BCUT2D eigenvalue weighted by Gasteiger charge is 2.27. The predicted octanol–water partition coefficient (Wildman–Crippen LogP) is 2.01. The van der Waals surface area contributed by atoms with Crippen molar-refractivity contribution in [2.45, 2.75) is 25.3 Å². The van der Waals surface area contributed by atoms with Gasteiger partial charge in [-0.3, -0.25) is 4.79 Å². The Kier molecular flexibility index (Phi) is 6.66. The number of thiophene rings is 1. The van der Waals surface area contributed by atoms with Crippen LogP contribution < -0.4 is 0 Å². The smallest absolute Gasteiger partial charge is 0.264 e. The lowest BCUT2D eigenvalue weighted by atomic mass is 10.1. The van der Waals surface area contributed by atoms with Gasteiger partial charge in [-0.2, -0.15) is 0 Å². The number of piperazine rings is 1. The van der Waals surface area contributed by atoms with Crippen LogP contribution in [0.25, 0.3) is 0 Å². The third kappa shape index (κ3) is 4.79. The Balaban J connectivity index is 1.54. The molecule has 0 saturated carbocycles. The van der Waals surface area contributed by atoms with Crippen molar-refractivity contribution < 1.29 is 9.53 Å². The lowest BCUT2D eigenvalue weighted by molar-refractivity contribution is 0.0279. The maximum absolute atomic E-state index is 12.9. The highest BCUT2D eigenvalue weighted by atomic mass is 32.1. The molecule has 1 amide bonds. The van der Waals surface area contributed by atoms with Crippen molar-refractivity contribution in [3.05, 3.63) is 22.4 Å². The molecule has 2 aliphatic rings. The number of ether oxygens (including phenoxy) is 1. The van der Waals surface area contributed by atoms with Crippen molar-refractivity contribution >= 4 is 17.2 Å². The Morgan fingerprint density at radius 2 is 2.04 bits per heavy atom. The Bertz CT molecular complexity index is 494. The Labute approximate surface area is 149 Å². The fourth-order valence-corrected chi connectivity index (χ4v) is 4.20. The predicted molar refractivity (Wildman–Crippen MR) is 97.8 cm³/mol. The molecular weight excluding hydrogens is 322 g/mol. The normalized spacial score (nSPS) is 21.0. The Morgan fingerprint density at radius 3 is 2.71 bits per heavy atom. The molecule has 2 saturated heterocycles. The lowest BCUT2D eigenvalue weighted by Gasteiger charge is -2.36. The van der Waals surface area contributed by atoms with Crippen LogP contribution in [0.4, 0.5) is 0 Å². The van der Waals surface area contributed by atoms with E-state index in [4.69, 9.17) is 4.74 Å². The summed E-state index contributed by atoms with van der Waals surface area (Å²) < 4.78 is 5.48. The van der Waals surface area contributed by atoms with Gasteiger partial charge in [-0.25, -0.2) is 0 Å². The minimum absolute atomic E-state index is 0.204. The topological polar surface area (TPSA) is 36.0 Å². The summed E-state index contributed by atoms with van der Waals surface area (Å²) >= 11 is 1.55. The molecule has 0 N–H and O–H groups in total. The second-order valence-electron chi connectivity index (χ2n) is 6.82. The molecule has 0 bridgehead atoms. The van der Waals surface area contributed by atoms with Crippen molar-refractivity contribution in [3.8, 4) is 0 Å². The van der Waals surface area contributed by atoms with Crippen LogP contribution in [0.15, 0.2) is 17.5 Å². The Morgan fingerprint density at radius 1 is 1.29 bits per heavy atom. The quantitative estimate of drug-likeness (QED) is 0.785. The monoisotopic (exact) mass is 351 g/mol. The van der Waals surface area contributed by atoms with Gasteiger partial charge in [0.05, 0.1) is 4.88 Å². The molecule has 0 aromatic carbocycles. The molecule has 0 aliphatic carbocycles. The molecule has 2 aliphatic heterocycles. The second-order valence-corrected chi connectivity index (χ2v) is 7.77. The van der Waals surface area contributed by atoms with Gasteiger partial charge in [0.2, 0.25) is 0 Å². The van der Waals surface area contributed by atoms with Gasteiger partial charge in [-0.15, -0.1) is 11.3 Å². The number of hydrogen-bond donors (Lipinski definition) is 0. The first-order valence-corrected chi connectivity index (χ1v) is 9.95. The third-order valence-electron chi connectivity index (χ3n) is 5.09. The molecule has 0 radical (unpaired) electrons. The molecular formula is C18H29N3O2S. The molecule has 1 aromatic heterocycles. The van der Waals surface area contributed by atoms with Crippen LogP contribution in [0.5, 0.6) is 0 Å². The first-order valence-electron chi connectivity index (χ1n) is 9.07. The fraction of sp³-hybridized carbons (Fsp3) is 0.722. The number of amides is 1. The summed E-state index contributed by atoms with van der Waals surface area (Å²) in [5.41, 5.74) is 0. The number of carbonyl (C=O) groups is 1.